The molecule has 0 bridgehead atoms. The predicted octanol–water partition coefficient (Wildman–Crippen LogP) is 6.20. The minimum absolute atomic E-state index is 0.591. The van der Waals surface area contributed by atoms with Crippen molar-refractivity contribution in [1.29, 1.82) is 0 Å². The van der Waals surface area contributed by atoms with Gasteiger partial charge in [0.05, 0.1) is 15.6 Å². The van der Waals surface area contributed by atoms with Crippen LogP contribution < -0.4 is 0 Å². The minimum Gasteiger partial charge on any atom is -0.337 e. The molecule has 4 aromatic rings. The third kappa shape index (κ3) is 2.61. The number of nitrogens with one attached hydrogen (secondary N) is 1. The van der Waals surface area contributed by atoms with Crippen molar-refractivity contribution in [2.75, 3.05) is 0 Å². The van der Waals surface area contributed by atoms with Crippen LogP contribution in [0.1, 0.15) is 0 Å². The van der Waals surface area contributed by atoms with E-state index in [1.165, 1.54) is 11.1 Å². The molecule has 0 spiro atoms. The van der Waals surface area contributed by atoms with Crippen LogP contribution >= 0.6 is 23.2 Å². The number of halogens is 2. The van der Waals surface area contributed by atoms with Gasteiger partial charge in [-0.1, -0.05) is 77.8 Å². The summed E-state index contributed by atoms with van der Waals surface area (Å²) in [6.07, 6.45) is 0. The van der Waals surface area contributed by atoms with Gasteiger partial charge in [0, 0.05) is 5.56 Å². The third-order valence-electron chi connectivity index (χ3n) is 3.81. The van der Waals surface area contributed by atoms with Crippen LogP contribution in [0.15, 0.2) is 66.7 Å². The van der Waals surface area contributed by atoms with Crippen molar-refractivity contribution >= 4 is 34.2 Å². The van der Waals surface area contributed by atoms with Crippen LogP contribution in [0.4, 0.5) is 0 Å². The van der Waals surface area contributed by atoms with Crippen LogP contribution in [0.25, 0.3) is 33.5 Å². The number of imidazole rings is 1. The monoisotopic (exact) mass is 338 g/mol. The fourth-order valence-electron chi connectivity index (χ4n) is 2.62. The first-order chi connectivity index (χ1) is 11.2. The average Bonchev–Trinajstić information content (AvgIpc) is 3.06. The van der Waals surface area contributed by atoms with E-state index in [2.05, 4.69) is 34.2 Å². The largest absolute Gasteiger partial charge is 0.337 e. The van der Waals surface area contributed by atoms with E-state index in [-0.39, 0.29) is 0 Å². The van der Waals surface area contributed by atoms with Gasteiger partial charge in [0.15, 0.2) is 0 Å². The van der Waals surface area contributed by atoms with Crippen LogP contribution in [0.3, 0.4) is 0 Å². The lowest BCUT2D eigenvalue weighted by molar-refractivity contribution is 1.34. The zero-order valence-corrected chi connectivity index (χ0v) is 13.6. The highest BCUT2D eigenvalue weighted by molar-refractivity contribution is 6.39. The Morgan fingerprint density at radius 2 is 1.26 bits per heavy atom. The quantitative estimate of drug-likeness (QED) is 0.462. The summed E-state index contributed by atoms with van der Waals surface area (Å²) in [5.74, 6) is 0.759. The third-order valence-corrected chi connectivity index (χ3v) is 4.43. The van der Waals surface area contributed by atoms with Crippen LogP contribution in [-0.4, -0.2) is 9.97 Å². The van der Waals surface area contributed by atoms with Crippen molar-refractivity contribution in [2.24, 2.45) is 0 Å². The Labute approximate surface area is 143 Å². The molecule has 0 radical (unpaired) electrons. The smallest absolute Gasteiger partial charge is 0.138 e. The van der Waals surface area contributed by atoms with Crippen molar-refractivity contribution in [3.05, 3.63) is 76.8 Å². The molecular formula is C19H12Cl2N2. The van der Waals surface area contributed by atoms with E-state index in [4.69, 9.17) is 23.2 Å². The summed E-state index contributed by atoms with van der Waals surface area (Å²) < 4.78 is 0. The molecule has 0 saturated carbocycles. The Morgan fingerprint density at radius 3 is 1.96 bits per heavy atom. The standard InChI is InChI=1S/C19H12Cl2N2/c20-15-10-11-16(21)18-17(15)22-19(23-18)14-8-6-13(7-9-14)12-4-2-1-3-5-12/h1-11H,(H,22,23). The van der Waals surface area contributed by atoms with E-state index in [1.54, 1.807) is 12.1 Å². The maximum absolute atomic E-state index is 6.21. The molecule has 1 N–H and O–H groups in total. The minimum atomic E-state index is 0.591. The van der Waals surface area contributed by atoms with E-state index in [0.29, 0.717) is 15.6 Å². The van der Waals surface area contributed by atoms with E-state index in [1.807, 2.05) is 30.3 Å². The molecule has 0 aliphatic carbocycles. The lowest BCUT2D eigenvalue weighted by Crippen LogP contribution is -1.82. The number of hydrogen-bond donors (Lipinski definition) is 1. The lowest BCUT2D eigenvalue weighted by atomic mass is 10.0. The molecule has 112 valence electrons. The Balaban J connectivity index is 1.77. The molecule has 2 nitrogen and oxygen atoms in total. The average molecular weight is 339 g/mol. The second-order valence-corrected chi connectivity index (χ2v) is 6.10. The van der Waals surface area contributed by atoms with Crippen LogP contribution in [-0.2, 0) is 0 Å². The maximum Gasteiger partial charge on any atom is 0.138 e. The van der Waals surface area contributed by atoms with Gasteiger partial charge in [0.25, 0.3) is 0 Å². The van der Waals surface area contributed by atoms with Crippen molar-refractivity contribution < 1.29 is 0 Å². The molecule has 3 aromatic carbocycles. The zero-order chi connectivity index (χ0) is 15.8. The Hall–Kier alpha value is -2.29. The van der Waals surface area contributed by atoms with E-state index in [0.717, 1.165) is 16.9 Å². The number of hydrogen-bond acceptors (Lipinski definition) is 1. The molecule has 0 saturated heterocycles. The van der Waals surface area contributed by atoms with Crippen molar-refractivity contribution in [3.63, 3.8) is 0 Å². The number of aromatic amines is 1. The molecule has 23 heavy (non-hydrogen) atoms. The SMILES string of the molecule is Clc1ccc(Cl)c2[nH]c(-c3ccc(-c4ccccc4)cc3)nc12. The molecular weight excluding hydrogens is 327 g/mol. The number of benzene rings is 3. The van der Waals surface area contributed by atoms with Gasteiger partial charge < -0.3 is 4.98 Å². The van der Waals surface area contributed by atoms with E-state index >= 15 is 0 Å². The van der Waals surface area contributed by atoms with Crippen LogP contribution in [0, 0.1) is 0 Å². The molecule has 4 heteroatoms. The molecule has 1 heterocycles. The van der Waals surface area contributed by atoms with Gasteiger partial charge in [-0.3, -0.25) is 0 Å². The number of nitrogens with zero attached hydrogens (tertiary/aromatic N) is 1. The van der Waals surface area contributed by atoms with Crippen LogP contribution in [0.5, 0.6) is 0 Å². The highest BCUT2D eigenvalue weighted by Gasteiger charge is 2.11. The topological polar surface area (TPSA) is 28.7 Å². The molecule has 1 aromatic heterocycles. The van der Waals surface area contributed by atoms with Crippen molar-refractivity contribution in [3.8, 4) is 22.5 Å². The summed E-state index contributed by atoms with van der Waals surface area (Å²) >= 11 is 12.4. The first-order valence-electron chi connectivity index (χ1n) is 7.22. The van der Waals surface area contributed by atoms with Crippen LogP contribution in [0.2, 0.25) is 10.0 Å². The van der Waals surface area contributed by atoms with Gasteiger partial charge >= 0.3 is 0 Å². The summed E-state index contributed by atoms with van der Waals surface area (Å²) in [5.41, 5.74) is 4.81. The second-order valence-electron chi connectivity index (χ2n) is 5.28. The Kier molecular flexibility index (Phi) is 3.56. The molecule has 0 atom stereocenters. The van der Waals surface area contributed by atoms with Gasteiger partial charge in [0.1, 0.15) is 11.3 Å². The number of rotatable bonds is 2. The van der Waals surface area contributed by atoms with E-state index < -0.39 is 0 Å². The zero-order valence-electron chi connectivity index (χ0n) is 12.1. The van der Waals surface area contributed by atoms with Crippen molar-refractivity contribution in [2.45, 2.75) is 0 Å². The highest BCUT2D eigenvalue weighted by Crippen LogP contribution is 2.31. The highest BCUT2D eigenvalue weighted by atomic mass is 35.5. The first-order valence-corrected chi connectivity index (χ1v) is 7.97. The molecule has 0 fully saturated rings. The number of aromatic nitrogens is 2. The predicted molar refractivity (Wildman–Crippen MR) is 97.0 cm³/mol. The number of fused-ring (bicyclic) bond motifs is 1. The summed E-state index contributed by atoms with van der Waals surface area (Å²) in [6, 6.07) is 22.1. The summed E-state index contributed by atoms with van der Waals surface area (Å²) in [6.45, 7) is 0. The second kappa shape index (κ2) is 5.73. The molecule has 0 unspecified atom stereocenters. The van der Waals surface area contributed by atoms with Crippen molar-refractivity contribution in [1.82, 2.24) is 9.97 Å². The lowest BCUT2D eigenvalue weighted by Gasteiger charge is -2.02. The fourth-order valence-corrected chi connectivity index (χ4v) is 3.01. The van der Waals surface area contributed by atoms with E-state index in [9.17, 15) is 0 Å². The Bertz CT molecular complexity index is 935. The molecule has 0 aliphatic heterocycles. The van der Waals surface area contributed by atoms with Gasteiger partial charge in [-0.15, -0.1) is 0 Å². The van der Waals surface area contributed by atoms with Gasteiger partial charge in [-0.05, 0) is 23.3 Å². The van der Waals surface area contributed by atoms with Gasteiger partial charge in [0.2, 0.25) is 0 Å². The fraction of sp³-hybridized carbons (Fsp3) is 0. The Morgan fingerprint density at radius 1 is 0.652 bits per heavy atom. The summed E-state index contributed by atoms with van der Waals surface area (Å²) in [7, 11) is 0. The molecule has 4 rings (SSSR count). The van der Waals surface area contributed by atoms with Gasteiger partial charge in [-0.25, -0.2) is 4.98 Å². The summed E-state index contributed by atoms with van der Waals surface area (Å²) in [5, 5.41) is 1.21. The molecule has 0 amide bonds. The normalized spacial score (nSPS) is 11.0. The number of H-pyrrole nitrogens is 1. The van der Waals surface area contributed by atoms with Gasteiger partial charge in [-0.2, -0.15) is 0 Å². The molecule has 0 aliphatic rings. The summed E-state index contributed by atoms with van der Waals surface area (Å²) in [4.78, 5) is 7.83. The maximum atomic E-state index is 6.21. The first kappa shape index (κ1) is 14.3.